The van der Waals surface area contributed by atoms with Crippen LogP contribution in [0.15, 0.2) is 46.9 Å². The van der Waals surface area contributed by atoms with Crippen LogP contribution in [0.3, 0.4) is 0 Å². The monoisotopic (exact) mass is 391 g/mol. The van der Waals surface area contributed by atoms with Gasteiger partial charge in [0, 0.05) is 16.2 Å². The van der Waals surface area contributed by atoms with E-state index in [4.69, 9.17) is 14.2 Å². The Kier molecular flexibility index (Phi) is 6.26. The van der Waals surface area contributed by atoms with Crippen molar-refractivity contribution in [1.29, 1.82) is 0 Å². The zero-order valence-electron chi connectivity index (χ0n) is 13.6. The van der Waals surface area contributed by atoms with Gasteiger partial charge >= 0.3 is 0 Å². The van der Waals surface area contributed by atoms with Crippen molar-refractivity contribution in [3.05, 3.63) is 52.5 Å². The van der Waals surface area contributed by atoms with Crippen LogP contribution in [-0.2, 0) is 4.79 Å². The SMILES string of the molecule is COc1cc(/C=C/C(=O)Nc2cccc(Br)c2)cc(OC)c1OC. The summed E-state index contributed by atoms with van der Waals surface area (Å²) < 4.78 is 16.7. The zero-order chi connectivity index (χ0) is 17.5. The Bertz CT molecular complexity index is 733. The Morgan fingerprint density at radius 2 is 1.71 bits per heavy atom. The second-order valence-electron chi connectivity index (χ2n) is 4.79. The molecule has 0 unspecified atom stereocenters. The van der Waals surface area contributed by atoms with Gasteiger partial charge < -0.3 is 19.5 Å². The predicted molar refractivity (Wildman–Crippen MR) is 97.9 cm³/mol. The number of rotatable bonds is 6. The van der Waals surface area contributed by atoms with Crippen LogP contribution in [0.1, 0.15) is 5.56 Å². The first-order valence-electron chi connectivity index (χ1n) is 7.12. The molecule has 1 amide bonds. The Morgan fingerprint density at radius 3 is 2.25 bits per heavy atom. The van der Waals surface area contributed by atoms with Crippen LogP contribution in [0.25, 0.3) is 6.08 Å². The van der Waals surface area contributed by atoms with Gasteiger partial charge in [0.1, 0.15) is 0 Å². The van der Waals surface area contributed by atoms with Crippen LogP contribution >= 0.6 is 15.9 Å². The minimum absolute atomic E-state index is 0.234. The van der Waals surface area contributed by atoms with Gasteiger partial charge in [0.25, 0.3) is 0 Å². The summed E-state index contributed by atoms with van der Waals surface area (Å²) in [6.45, 7) is 0. The molecule has 0 fully saturated rings. The van der Waals surface area contributed by atoms with Crippen molar-refractivity contribution in [3.63, 3.8) is 0 Å². The Hall–Kier alpha value is -2.47. The summed E-state index contributed by atoms with van der Waals surface area (Å²) in [5.74, 6) is 1.34. The number of hydrogen-bond acceptors (Lipinski definition) is 4. The molecule has 0 aromatic heterocycles. The number of anilines is 1. The van der Waals surface area contributed by atoms with Crippen molar-refractivity contribution in [3.8, 4) is 17.2 Å². The van der Waals surface area contributed by atoms with Crippen LogP contribution in [0.4, 0.5) is 5.69 Å². The van der Waals surface area contributed by atoms with E-state index in [9.17, 15) is 4.79 Å². The highest BCUT2D eigenvalue weighted by Crippen LogP contribution is 2.38. The van der Waals surface area contributed by atoms with Crippen LogP contribution in [0.5, 0.6) is 17.2 Å². The Morgan fingerprint density at radius 1 is 1.04 bits per heavy atom. The van der Waals surface area contributed by atoms with E-state index in [0.29, 0.717) is 22.9 Å². The average molecular weight is 392 g/mol. The fourth-order valence-corrected chi connectivity index (χ4v) is 2.52. The van der Waals surface area contributed by atoms with Crippen molar-refractivity contribution in [2.24, 2.45) is 0 Å². The van der Waals surface area contributed by atoms with Crippen LogP contribution < -0.4 is 19.5 Å². The molecule has 0 spiro atoms. The average Bonchev–Trinajstić information content (AvgIpc) is 2.58. The van der Waals surface area contributed by atoms with E-state index in [1.165, 1.54) is 6.08 Å². The topological polar surface area (TPSA) is 56.8 Å². The fraction of sp³-hybridized carbons (Fsp3) is 0.167. The molecular formula is C18H18BrNO4. The van der Waals surface area contributed by atoms with Gasteiger partial charge in [0.15, 0.2) is 11.5 Å². The third-order valence-electron chi connectivity index (χ3n) is 3.21. The molecular weight excluding hydrogens is 374 g/mol. The lowest BCUT2D eigenvalue weighted by Crippen LogP contribution is -2.07. The highest BCUT2D eigenvalue weighted by atomic mass is 79.9. The van der Waals surface area contributed by atoms with Gasteiger partial charge in [-0.25, -0.2) is 0 Å². The first-order valence-corrected chi connectivity index (χ1v) is 7.91. The number of hydrogen-bond donors (Lipinski definition) is 1. The summed E-state index contributed by atoms with van der Waals surface area (Å²) >= 11 is 3.36. The third kappa shape index (κ3) is 4.52. The highest BCUT2D eigenvalue weighted by Gasteiger charge is 2.12. The van der Waals surface area contributed by atoms with Gasteiger partial charge in [0.05, 0.1) is 21.3 Å². The summed E-state index contributed by atoms with van der Waals surface area (Å²) in [5, 5.41) is 2.79. The maximum absolute atomic E-state index is 12.0. The van der Waals surface area contributed by atoms with E-state index in [-0.39, 0.29) is 5.91 Å². The molecule has 0 saturated heterocycles. The third-order valence-corrected chi connectivity index (χ3v) is 3.70. The number of methoxy groups -OCH3 is 3. The van der Waals surface area contributed by atoms with Crippen LogP contribution in [0.2, 0.25) is 0 Å². The van der Waals surface area contributed by atoms with Crippen molar-refractivity contribution in [2.45, 2.75) is 0 Å². The van der Waals surface area contributed by atoms with E-state index >= 15 is 0 Å². The number of carbonyl (C=O) groups is 1. The van der Waals surface area contributed by atoms with Crippen LogP contribution in [0, 0.1) is 0 Å². The Balaban J connectivity index is 2.17. The lowest BCUT2D eigenvalue weighted by Gasteiger charge is -2.12. The van der Waals surface area contributed by atoms with E-state index < -0.39 is 0 Å². The lowest BCUT2D eigenvalue weighted by molar-refractivity contribution is -0.111. The summed E-state index contributed by atoms with van der Waals surface area (Å²) in [4.78, 5) is 12.0. The molecule has 2 aromatic carbocycles. The van der Waals surface area contributed by atoms with Crippen LogP contribution in [-0.4, -0.2) is 27.2 Å². The summed E-state index contributed by atoms with van der Waals surface area (Å²) in [7, 11) is 4.64. The summed E-state index contributed by atoms with van der Waals surface area (Å²) in [6.07, 6.45) is 3.12. The minimum Gasteiger partial charge on any atom is -0.493 e. The van der Waals surface area contributed by atoms with Crippen molar-refractivity contribution in [1.82, 2.24) is 0 Å². The predicted octanol–water partition coefficient (Wildman–Crippen LogP) is 4.13. The number of nitrogens with one attached hydrogen (secondary N) is 1. The highest BCUT2D eigenvalue weighted by molar-refractivity contribution is 9.10. The molecule has 0 aliphatic carbocycles. The van der Waals surface area contributed by atoms with Gasteiger partial charge in [-0.15, -0.1) is 0 Å². The zero-order valence-corrected chi connectivity index (χ0v) is 15.2. The molecule has 1 N–H and O–H groups in total. The maximum atomic E-state index is 12.0. The molecule has 0 aliphatic heterocycles. The normalized spacial score (nSPS) is 10.5. The fourth-order valence-electron chi connectivity index (χ4n) is 2.12. The lowest BCUT2D eigenvalue weighted by atomic mass is 10.1. The molecule has 0 bridgehead atoms. The first-order chi connectivity index (χ1) is 11.6. The van der Waals surface area contributed by atoms with Gasteiger partial charge in [-0.05, 0) is 42.0 Å². The van der Waals surface area contributed by atoms with Gasteiger partial charge in [-0.3, -0.25) is 4.79 Å². The molecule has 0 heterocycles. The number of halogens is 1. The van der Waals surface area contributed by atoms with E-state index in [1.807, 2.05) is 24.3 Å². The molecule has 24 heavy (non-hydrogen) atoms. The molecule has 0 saturated carbocycles. The Labute approximate surface area is 149 Å². The quantitative estimate of drug-likeness (QED) is 0.752. The summed E-state index contributed by atoms with van der Waals surface area (Å²) in [5.41, 5.74) is 1.47. The van der Waals surface area contributed by atoms with Crippen molar-refractivity contribution >= 4 is 33.6 Å². The smallest absolute Gasteiger partial charge is 0.248 e. The molecule has 2 aromatic rings. The minimum atomic E-state index is -0.234. The van der Waals surface area contributed by atoms with Crippen molar-refractivity contribution in [2.75, 3.05) is 26.6 Å². The first kappa shape index (κ1) is 17.9. The molecule has 2 rings (SSSR count). The van der Waals surface area contributed by atoms with E-state index in [0.717, 1.165) is 10.0 Å². The number of carbonyl (C=O) groups excluding carboxylic acids is 1. The largest absolute Gasteiger partial charge is 0.493 e. The molecule has 6 heteroatoms. The van der Waals surface area contributed by atoms with E-state index in [2.05, 4.69) is 21.2 Å². The number of benzene rings is 2. The molecule has 5 nitrogen and oxygen atoms in total. The second kappa shape index (κ2) is 8.40. The molecule has 126 valence electrons. The summed E-state index contributed by atoms with van der Waals surface area (Å²) in [6, 6.07) is 10.9. The second-order valence-corrected chi connectivity index (χ2v) is 5.71. The van der Waals surface area contributed by atoms with Gasteiger partial charge in [-0.2, -0.15) is 0 Å². The standard InChI is InChI=1S/C18H18BrNO4/c1-22-15-9-12(10-16(23-2)18(15)24-3)7-8-17(21)20-14-6-4-5-13(19)11-14/h4-11H,1-3H3,(H,20,21)/b8-7+. The maximum Gasteiger partial charge on any atom is 0.248 e. The molecule has 0 radical (unpaired) electrons. The van der Waals surface area contributed by atoms with Crippen molar-refractivity contribution < 1.29 is 19.0 Å². The number of ether oxygens (including phenoxy) is 3. The van der Waals surface area contributed by atoms with E-state index in [1.54, 1.807) is 39.5 Å². The number of amides is 1. The van der Waals surface area contributed by atoms with Gasteiger partial charge in [0.2, 0.25) is 11.7 Å². The molecule has 0 atom stereocenters. The molecule has 0 aliphatic rings. The van der Waals surface area contributed by atoms with Gasteiger partial charge in [-0.1, -0.05) is 22.0 Å².